The molecule has 4 nitrogen and oxygen atoms in total. The van der Waals surface area contributed by atoms with Gasteiger partial charge < -0.3 is 4.74 Å². The van der Waals surface area contributed by atoms with Crippen molar-refractivity contribution in [3.63, 3.8) is 0 Å². The number of amidine groups is 1. The summed E-state index contributed by atoms with van der Waals surface area (Å²) in [4.78, 5) is 4.40. The number of nitriles is 1. The van der Waals surface area contributed by atoms with E-state index < -0.39 is 0 Å². The minimum Gasteiger partial charge on any atom is -0.494 e. The molecule has 0 radical (unpaired) electrons. The van der Waals surface area contributed by atoms with Gasteiger partial charge in [0.15, 0.2) is 11.4 Å². The summed E-state index contributed by atoms with van der Waals surface area (Å²) in [5, 5.41) is 11.9. The largest absolute Gasteiger partial charge is 0.494 e. The first kappa shape index (κ1) is 16.8. The first-order chi connectivity index (χ1) is 11.2. The van der Waals surface area contributed by atoms with Crippen LogP contribution in [0.3, 0.4) is 0 Å². The standard InChI is InChI=1S/C17H16FN3OS/c1-2-22-16-9-7-15(8-10-16)21-17(20-12-19)23-11-13-3-5-14(18)6-4-13/h3-10H,2,11H2,1H3,(H,20,21). The normalized spacial score (nSPS) is 10.9. The van der Waals surface area contributed by atoms with Crippen molar-refractivity contribution in [2.45, 2.75) is 12.7 Å². The summed E-state index contributed by atoms with van der Waals surface area (Å²) in [6.45, 7) is 2.53. The third-order valence-corrected chi connectivity index (χ3v) is 3.77. The highest BCUT2D eigenvalue weighted by Gasteiger charge is 2.03. The average Bonchev–Trinajstić information content (AvgIpc) is 2.56. The molecule has 0 aliphatic rings. The van der Waals surface area contributed by atoms with Gasteiger partial charge in [0.25, 0.3) is 0 Å². The molecule has 0 heterocycles. The summed E-state index contributed by atoms with van der Waals surface area (Å²) in [6, 6.07) is 13.6. The Hall–Kier alpha value is -2.52. The van der Waals surface area contributed by atoms with E-state index in [4.69, 9.17) is 10.00 Å². The van der Waals surface area contributed by atoms with Gasteiger partial charge in [-0.25, -0.2) is 9.38 Å². The first-order valence-corrected chi connectivity index (χ1v) is 8.03. The number of halogens is 1. The number of rotatable bonds is 5. The zero-order valence-corrected chi connectivity index (χ0v) is 13.4. The van der Waals surface area contributed by atoms with Crippen LogP contribution >= 0.6 is 11.8 Å². The zero-order chi connectivity index (χ0) is 16.5. The molecule has 0 amide bonds. The van der Waals surface area contributed by atoms with Gasteiger partial charge in [-0.3, -0.25) is 5.32 Å². The maximum atomic E-state index is 12.9. The first-order valence-electron chi connectivity index (χ1n) is 7.05. The van der Waals surface area contributed by atoms with Crippen LogP contribution in [0.2, 0.25) is 0 Å². The van der Waals surface area contributed by atoms with E-state index in [-0.39, 0.29) is 5.82 Å². The summed E-state index contributed by atoms with van der Waals surface area (Å²) in [6.07, 6.45) is 1.88. The van der Waals surface area contributed by atoms with Gasteiger partial charge in [-0.15, -0.1) is 0 Å². The number of nitrogens with zero attached hydrogens (tertiary/aromatic N) is 2. The van der Waals surface area contributed by atoms with E-state index in [2.05, 4.69) is 10.3 Å². The van der Waals surface area contributed by atoms with Crippen LogP contribution in [-0.2, 0) is 5.75 Å². The zero-order valence-electron chi connectivity index (χ0n) is 12.6. The number of hydrogen-bond acceptors (Lipinski definition) is 4. The fourth-order valence-corrected chi connectivity index (χ4v) is 2.56. The summed E-state index contributed by atoms with van der Waals surface area (Å²) < 4.78 is 18.3. The summed E-state index contributed by atoms with van der Waals surface area (Å²) in [5.74, 6) is 1.10. The minimum absolute atomic E-state index is 0.267. The van der Waals surface area contributed by atoms with Crippen molar-refractivity contribution in [2.75, 3.05) is 6.61 Å². The Kier molecular flexibility index (Phi) is 6.45. The van der Waals surface area contributed by atoms with E-state index in [0.29, 0.717) is 17.5 Å². The van der Waals surface area contributed by atoms with Crippen molar-refractivity contribution in [1.29, 1.82) is 5.26 Å². The lowest BCUT2D eigenvalue weighted by Gasteiger charge is -2.05. The van der Waals surface area contributed by atoms with Crippen LogP contribution in [0.25, 0.3) is 0 Å². The number of hydrogen-bond donors (Lipinski definition) is 1. The molecule has 0 aromatic heterocycles. The van der Waals surface area contributed by atoms with Crippen molar-refractivity contribution in [2.24, 2.45) is 4.99 Å². The molecule has 2 aromatic carbocycles. The molecule has 2 aromatic rings. The number of thioether (sulfide) groups is 1. The lowest BCUT2D eigenvalue weighted by Crippen LogP contribution is -2.13. The molecular formula is C17H16FN3OS. The Labute approximate surface area is 139 Å². The number of benzene rings is 2. The highest BCUT2D eigenvalue weighted by molar-refractivity contribution is 8.13. The molecular weight excluding hydrogens is 313 g/mol. The quantitative estimate of drug-likeness (QED) is 0.386. The molecule has 0 saturated carbocycles. The van der Waals surface area contributed by atoms with Crippen molar-refractivity contribution < 1.29 is 9.13 Å². The van der Waals surface area contributed by atoms with Crippen molar-refractivity contribution in [3.8, 4) is 11.9 Å². The highest BCUT2D eigenvalue weighted by Crippen LogP contribution is 2.21. The summed E-state index contributed by atoms with van der Waals surface area (Å²) in [7, 11) is 0. The number of aliphatic imine (C=N–C) groups is 1. The Morgan fingerprint density at radius 1 is 1.22 bits per heavy atom. The lowest BCUT2D eigenvalue weighted by atomic mass is 10.2. The van der Waals surface area contributed by atoms with E-state index in [1.807, 2.05) is 37.4 Å². The molecule has 23 heavy (non-hydrogen) atoms. The van der Waals surface area contributed by atoms with Crippen LogP contribution in [0.1, 0.15) is 12.5 Å². The van der Waals surface area contributed by atoms with E-state index in [1.54, 1.807) is 12.1 Å². The third-order valence-electron chi connectivity index (χ3n) is 2.83. The van der Waals surface area contributed by atoms with Gasteiger partial charge >= 0.3 is 0 Å². The second-order valence-corrected chi connectivity index (χ2v) is 5.46. The monoisotopic (exact) mass is 329 g/mol. The second-order valence-electron chi connectivity index (χ2n) is 4.50. The molecule has 0 saturated heterocycles. The topological polar surface area (TPSA) is 57.4 Å². The molecule has 2 rings (SSSR count). The minimum atomic E-state index is -0.267. The smallest absolute Gasteiger partial charge is 0.183 e. The third kappa shape index (κ3) is 5.64. The SMILES string of the molecule is CCOc1ccc(N=C(NC#N)SCc2ccc(F)cc2)cc1. The van der Waals surface area contributed by atoms with Gasteiger partial charge in [-0.2, -0.15) is 5.26 Å². The predicted octanol–water partition coefficient (Wildman–Crippen LogP) is 4.22. The highest BCUT2D eigenvalue weighted by atomic mass is 32.2. The molecule has 0 aliphatic heterocycles. The Bertz CT molecular complexity index is 693. The fourth-order valence-electron chi connectivity index (χ4n) is 1.78. The van der Waals surface area contributed by atoms with Crippen molar-refractivity contribution in [1.82, 2.24) is 5.32 Å². The van der Waals surface area contributed by atoms with E-state index >= 15 is 0 Å². The second kappa shape index (κ2) is 8.81. The predicted molar refractivity (Wildman–Crippen MR) is 91.1 cm³/mol. The molecule has 0 unspecified atom stereocenters. The summed E-state index contributed by atoms with van der Waals surface area (Å²) >= 11 is 1.38. The van der Waals surface area contributed by atoms with Crippen LogP contribution in [0.4, 0.5) is 10.1 Å². The Morgan fingerprint density at radius 2 is 1.91 bits per heavy atom. The van der Waals surface area contributed by atoms with Crippen LogP contribution in [-0.4, -0.2) is 11.8 Å². The van der Waals surface area contributed by atoms with E-state index in [0.717, 1.165) is 17.0 Å². The van der Waals surface area contributed by atoms with E-state index in [1.165, 1.54) is 23.9 Å². The van der Waals surface area contributed by atoms with Gasteiger partial charge in [-0.05, 0) is 48.9 Å². The maximum absolute atomic E-state index is 12.9. The van der Waals surface area contributed by atoms with Gasteiger partial charge in [0, 0.05) is 5.75 Å². The van der Waals surface area contributed by atoms with Gasteiger partial charge in [-0.1, -0.05) is 23.9 Å². The summed E-state index contributed by atoms with van der Waals surface area (Å²) in [5.41, 5.74) is 1.67. The van der Waals surface area contributed by atoms with Crippen LogP contribution in [0, 0.1) is 17.3 Å². The Morgan fingerprint density at radius 3 is 2.52 bits per heavy atom. The average molecular weight is 329 g/mol. The van der Waals surface area contributed by atoms with E-state index in [9.17, 15) is 4.39 Å². The molecule has 6 heteroatoms. The number of nitrogens with one attached hydrogen (secondary N) is 1. The number of ether oxygens (including phenoxy) is 1. The van der Waals surface area contributed by atoms with Crippen LogP contribution in [0.5, 0.6) is 5.75 Å². The molecule has 0 aliphatic carbocycles. The van der Waals surface area contributed by atoms with Crippen LogP contribution < -0.4 is 10.1 Å². The van der Waals surface area contributed by atoms with Gasteiger partial charge in [0.2, 0.25) is 0 Å². The van der Waals surface area contributed by atoms with Gasteiger partial charge in [0.1, 0.15) is 11.6 Å². The maximum Gasteiger partial charge on any atom is 0.183 e. The molecule has 1 N–H and O–H groups in total. The Balaban J connectivity index is 2.04. The molecule has 118 valence electrons. The molecule has 0 bridgehead atoms. The van der Waals surface area contributed by atoms with Crippen LogP contribution in [0.15, 0.2) is 53.5 Å². The van der Waals surface area contributed by atoms with Gasteiger partial charge in [0.05, 0.1) is 12.3 Å². The fraction of sp³-hybridized carbons (Fsp3) is 0.176. The lowest BCUT2D eigenvalue weighted by molar-refractivity contribution is 0.340. The molecule has 0 atom stereocenters. The van der Waals surface area contributed by atoms with Crippen molar-refractivity contribution in [3.05, 3.63) is 59.9 Å². The van der Waals surface area contributed by atoms with Crippen molar-refractivity contribution >= 4 is 22.6 Å². The molecule has 0 fully saturated rings. The molecule has 0 spiro atoms.